The molecule has 0 spiro atoms. The number of hydrogen-bond acceptors (Lipinski definition) is 4. The predicted octanol–water partition coefficient (Wildman–Crippen LogP) is 3.89. The maximum atomic E-state index is 12.8. The maximum absolute atomic E-state index is 12.8. The fraction of sp³-hybridized carbons (Fsp3) is 0.217. The van der Waals surface area contributed by atoms with Crippen LogP contribution >= 0.6 is 0 Å². The zero-order valence-electron chi connectivity index (χ0n) is 16.8. The van der Waals surface area contributed by atoms with Crippen LogP contribution in [0.4, 0.5) is 0 Å². The van der Waals surface area contributed by atoms with E-state index in [2.05, 4.69) is 0 Å². The van der Waals surface area contributed by atoms with E-state index in [1.54, 1.807) is 17.7 Å². The average molecular weight is 389 g/mol. The molecule has 0 fully saturated rings. The topological polar surface area (TPSA) is 58.3 Å². The lowest BCUT2D eigenvalue weighted by atomic mass is 10.1. The molecule has 0 unspecified atom stereocenters. The Morgan fingerprint density at radius 3 is 2.34 bits per heavy atom. The molecule has 0 saturated carbocycles. The van der Waals surface area contributed by atoms with Gasteiger partial charge in [-0.2, -0.15) is 5.10 Å². The highest BCUT2D eigenvalue weighted by Gasteiger charge is 2.17. The highest BCUT2D eigenvalue weighted by Crippen LogP contribution is 2.24. The summed E-state index contributed by atoms with van der Waals surface area (Å²) in [5, 5.41) is 5.71. The summed E-state index contributed by atoms with van der Waals surface area (Å²) in [6.07, 6.45) is 0. The average Bonchev–Trinajstić information content (AvgIpc) is 3.09. The summed E-state index contributed by atoms with van der Waals surface area (Å²) in [5.74, 6) is 1.51. The fourth-order valence-corrected chi connectivity index (χ4v) is 3.56. The molecule has 0 saturated heterocycles. The van der Waals surface area contributed by atoms with Gasteiger partial charge in [-0.15, -0.1) is 0 Å². The van der Waals surface area contributed by atoms with Crippen LogP contribution in [0.3, 0.4) is 0 Å². The van der Waals surface area contributed by atoms with E-state index in [0.29, 0.717) is 13.2 Å². The number of hydrogen-bond donors (Lipinski definition) is 0. The summed E-state index contributed by atoms with van der Waals surface area (Å²) in [4.78, 5) is 12.8. The number of nitrogens with zero attached hydrogens (tertiary/aromatic N) is 3. The van der Waals surface area contributed by atoms with Gasteiger partial charge < -0.3 is 9.47 Å². The van der Waals surface area contributed by atoms with Gasteiger partial charge in [-0.05, 0) is 55.8 Å². The first-order valence-corrected chi connectivity index (χ1v) is 9.50. The highest BCUT2D eigenvalue weighted by atomic mass is 16.5. The van der Waals surface area contributed by atoms with Gasteiger partial charge in [0.05, 0.1) is 25.0 Å². The number of aryl methyl sites for hydroxylation is 2. The quantitative estimate of drug-likeness (QED) is 0.502. The second kappa shape index (κ2) is 7.83. The first kappa shape index (κ1) is 18.8. The largest absolute Gasteiger partial charge is 0.497 e. The number of rotatable bonds is 6. The molecule has 29 heavy (non-hydrogen) atoms. The van der Waals surface area contributed by atoms with Gasteiger partial charge in [0.15, 0.2) is 0 Å². The zero-order chi connectivity index (χ0) is 20.4. The Balaban J connectivity index is 1.70. The Morgan fingerprint density at radius 1 is 0.966 bits per heavy atom. The van der Waals surface area contributed by atoms with Crippen LogP contribution in [-0.4, -0.2) is 28.1 Å². The van der Waals surface area contributed by atoms with E-state index in [1.807, 2.05) is 73.1 Å². The molecule has 0 bridgehead atoms. The molecule has 2 aromatic heterocycles. The third-order valence-corrected chi connectivity index (χ3v) is 4.94. The minimum Gasteiger partial charge on any atom is -0.497 e. The Hall–Kier alpha value is -3.54. The van der Waals surface area contributed by atoms with Gasteiger partial charge in [0.25, 0.3) is 5.56 Å². The summed E-state index contributed by atoms with van der Waals surface area (Å²) in [6.45, 7) is 4.70. The highest BCUT2D eigenvalue weighted by molar-refractivity contribution is 5.83. The first-order valence-electron chi connectivity index (χ1n) is 9.50. The minimum atomic E-state index is -0.0644. The summed E-state index contributed by atoms with van der Waals surface area (Å²) < 4.78 is 14.6. The van der Waals surface area contributed by atoms with Crippen LogP contribution in [0.2, 0.25) is 0 Å². The third-order valence-electron chi connectivity index (χ3n) is 4.94. The van der Waals surface area contributed by atoms with E-state index < -0.39 is 0 Å². The van der Waals surface area contributed by atoms with E-state index >= 15 is 0 Å². The molecule has 4 rings (SSSR count). The predicted molar refractivity (Wildman–Crippen MR) is 113 cm³/mol. The number of fused-ring (bicyclic) bond motifs is 1. The molecule has 0 amide bonds. The summed E-state index contributed by atoms with van der Waals surface area (Å²) in [5.41, 5.74) is 3.46. The number of aromatic nitrogens is 3. The molecule has 4 aromatic rings. The van der Waals surface area contributed by atoms with Crippen LogP contribution in [0.1, 0.15) is 11.3 Å². The number of methoxy groups -OCH3 is 1. The van der Waals surface area contributed by atoms with Gasteiger partial charge in [-0.25, -0.2) is 4.68 Å². The van der Waals surface area contributed by atoms with E-state index in [9.17, 15) is 4.79 Å². The Labute approximate surface area is 168 Å². The molecule has 0 aliphatic rings. The first-order chi connectivity index (χ1) is 14.1. The summed E-state index contributed by atoms with van der Waals surface area (Å²) >= 11 is 0. The molecule has 0 N–H and O–H groups in total. The van der Waals surface area contributed by atoms with Crippen molar-refractivity contribution in [3.63, 3.8) is 0 Å². The number of pyridine rings is 1. The van der Waals surface area contributed by atoms with Crippen LogP contribution in [0, 0.1) is 13.8 Å². The van der Waals surface area contributed by atoms with Crippen LogP contribution < -0.4 is 15.0 Å². The van der Waals surface area contributed by atoms with Crippen molar-refractivity contribution in [3.8, 4) is 17.2 Å². The monoisotopic (exact) mass is 389 g/mol. The second-order valence-corrected chi connectivity index (χ2v) is 6.87. The van der Waals surface area contributed by atoms with Crippen LogP contribution in [0.25, 0.3) is 16.7 Å². The van der Waals surface area contributed by atoms with Gasteiger partial charge >= 0.3 is 0 Å². The number of para-hydroxylation sites is 1. The molecule has 0 aliphatic carbocycles. The van der Waals surface area contributed by atoms with E-state index in [-0.39, 0.29) is 5.56 Å². The summed E-state index contributed by atoms with van der Waals surface area (Å²) in [7, 11) is 1.63. The molecular formula is C23H23N3O3. The van der Waals surface area contributed by atoms with Gasteiger partial charge in [-0.1, -0.05) is 18.2 Å². The molecule has 6 heteroatoms. The fourth-order valence-electron chi connectivity index (χ4n) is 3.56. The molecular weight excluding hydrogens is 366 g/mol. The Morgan fingerprint density at radius 2 is 1.66 bits per heavy atom. The molecule has 6 nitrogen and oxygen atoms in total. The van der Waals surface area contributed by atoms with E-state index in [1.165, 1.54) is 0 Å². The van der Waals surface area contributed by atoms with Crippen molar-refractivity contribution in [1.29, 1.82) is 0 Å². The van der Waals surface area contributed by atoms with Crippen LogP contribution in [-0.2, 0) is 6.54 Å². The third kappa shape index (κ3) is 3.61. The van der Waals surface area contributed by atoms with Crippen LogP contribution in [0.5, 0.6) is 11.5 Å². The van der Waals surface area contributed by atoms with Gasteiger partial charge in [0, 0.05) is 11.5 Å². The maximum Gasteiger partial charge on any atom is 0.252 e. The molecule has 0 atom stereocenters. The summed E-state index contributed by atoms with van der Waals surface area (Å²) in [6, 6.07) is 18.9. The van der Waals surface area contributed by atoms with Crippen molar-refractivity contribution in [3.05, 3.63) is 82.3 Å². The van der Waals surface area contributed by atoms with Crippen molar-refractivity contribution in [2.24, 2.45) is 0 Å². The van der Waals surface area contributed by atoms with Gasteiger partial charge in [0.2, 0.25) is 0 Å². The van der Waals surface area contributed by atoms with Crippen molar-refractivity contribution in [2.75, 3.05) is 13.7 Å². The SMILES string of the molecule is COc1ccc(OCCn2c(=O)cc(C)c3c(C)nn(-c4ccccc4)c32)cc1. The van der Waals surface area contributed by atoms with Crippen molar-refractivity contribution < 1.29 is 9.47 Å². The van der Waals surface area contributed by atoms with E-state index in [0.717, 1.165) is 39.5 Å². The smallest absolute Gasteiger partial charge is 0.252 e. The number of benzene rings is 2. The van der Waals surface area contributed by atoms with E-state index in [4.69, 9.17) is 14.6 Å². The minimum absolute atomic E-state index is 0.0644. The van der Waals surface area contributed by atoms with Gasteiger partial charge in [-0.3, -0.25) is 9.36 Å². The molecule has 148 valence electrons. The Kier molecular flexibility index (Phi) is 5.08. The molecule has 0 aliphatic heterocycles. The molecule has 0 radical (unpaired) electrons. The lowest BCUT2D eigenvalue weighted by Crippen LogP contribution is -2.25. The van der Waals surface area contributed by atoms with Crippen molar-refractivity contribution in [2.45, 2.75) is 20.4 Å². The molecule has 2 aromatic carbocycles. The van der Waals surface area contributed by atoms with Crippen molar-refractivity contribution >= 4 is 11.0 Å². The standard InChI is InChI=1S/C23H23N3O3/c1-16-15-21(27)25(13-14-29-20-11-9-19(28-3)10-12-20)23-22(16)17(2)24-26(23)18-7-5-4-6-8-18/h4-12,15H,13-14H2,1-3H3. The zero-order valence-corrected chi connectivity index (χ0v) is 16.8. The Bertz CT molecular complexity index is 1190. The lowest BCUT2D eigenvalue weighted by molar-refractivity contribution is 0.297. The molecule has 2 heterocycles. The number of ether oxygens (including phenoxy) is 2. The normalized spacial score (nSPS) is 11.0. The van der Waals surface area contributed by atoms with Crippen LogP contribution in [0.15, 0.2) is 65.5 Å². The second-order valence-electron chi connectivity index (χ2n) is 6.87. The lowest BCUT2D eigenvalue weighted by Gasteiger charge is -2.13. The van der Waals surface area contributed by atoms with Gasteiger partial charge in [0.1, 0.15) is 23.8 Å². The van der Waals surface area contributed by atoms with Crippen molar-refractivity contribution in [1.82, 2.24) is 14.3 Å².